The predicted octanol–water partition coefficient (Wildman–Crippen LogP) is 10.1. The van der Waals surface area contributed by atoms with Gasteiger partial charge in [0.05, 0.1) is 0 Å². The molecule has 1 aromatic rings. The molecule has 0 amide bonds. The van der Waals surface area contributed by atoms with Crippen molar-refractivity contribution in [2.24, 2.45) is 11.8 Å². The minimum absolute atomic E-state index is 0.0948. The Morgan fingerprint density at radius 2 is 1.56 bits per heavy atom. The van der Waals surface area contributed by atoms with E-state index in [1.54, 1.807) is 12.1 Å². The summed E-state index contributed by atoms with van der Waals surface area (Å²) in [5.74, 6) is 0.631. The fourth-order valence-corrected chi connectivity index (χ4v) is 3.94. The Kier molecular flexibility index (Phi) is 19.5. The van der Waals surface area contributed by atoms with Gasteiger partial charge in [0.1, 0.15) is 11.6 Å². The van der Waals surface area contributed by atoms with Gasteiger partial charge in [-0.1, -0.05) is 98.5 Å². The molecule has 1 saturated carbocycles. The minimum atomic E-state index is -1.82. The zero-order valence-corrected chi connectivity index (χ0v) is 22.1. The summed E-state index contributed by atoms with van der Waals surface area (Å²) in [6, 6.07) is 4.44. The van der Waals surface area contributed by atoms with Crippen molar-refractivity contribution in [2.45, 2.75) is 118 Å². The number of unbranched alkanes of at least 4 members (excludes halogenated alkanes) is 2. The lowest BCUT2D eigenvalue weighted by Crippen LogP contribution is -2.15. The smallest absolute Gasteiger partial charge is 0.311 e. The number of aryl methyl sites for hydroxylation is 1. The monoisotopic (exact) mass is 484 g/mol. The van der Waals surface area contributed by atoms with Gasteiger partial charge in [-0.15, -0.1) is 0 Å². The van der Waals surface area contributed by atoms with Crippen molar-refractivity contribution >= 4 is 5.97 Å². The van der Waals surface area contributed by atoms with Gasteiger partial charge < -0.3 is 4.74 Å². The van der Waals surface area contributed by atoms with Crippen molar-refractivity contribution in [2.75, 3.05) is 0 Å². The van der Waals surface area contributed by atoms with Crippen molar-refractivity contribution in [3.63, 3.8) is 0 Å². The van der Waals surface area contributed by atoms with E-state index in [1.165, 1.54) is 63.9 Å². The third-order valence-corrected chi connectivity index (χ3v) is 6.16. The summed E-state index contributed by atoms with van der Waals surface area (Å²) in [7, 11) is 0. The number of benzene rings is 1. The summed E-state index contributed by atoms with van der Waals surface area (Å²) >= 11 is 0. The van der Waals surface area contributed by atoms with Crippen LogP contribution < -0.4 is 4.74 Å². The van der Waals surface area contributed by atoms with E-state index in [4.69, 9.17) is 4.74 Å². The van der Waals surface area contributed by atoms with E-state index in [9.17, 15) is 18.0 Å². The molecule has 0 radical (unpaired) electrons. The van der Waals surface area contributed by atoms with E-state index >= 15 is 0 Å². The first kappa shape index (κ1) is 32.2. The molecule has 2 nitrogen and oxygen atoms in total. The number of esters is 1. The molecule has 0 spiro atoms. The Balaban J connectivity index is 0.00000164. The van der Waals surface area contributed by atoms with Gasteiger partial charge in [-0.25, -0.2) is 4.39 Å². The van der Waals surface area contributed by atoms with Gasteiger partial charge in [0.15, 0.2) is 0 Å². The van der Waals surface area contributed by atoms with E-state index < -0.39 is 12.0 Å². The highest BCUT2D eigenvalue weighted by Gasteiger charge is 2.21. The maximum Gasteiger partial charge on any atom is 0.311 e. The highest BCUT2D eigenvalue weighted by atomic mass is 19.3. The van der Waals surface area contributed by atoms with E-state index in [0.717, 1.165) is 12.3 Å². The molecule has 0 unspecified atom stereocenters. The lowest BCUT2D eigenvalue weighted by molar-refractivity contribution is -0.134. The summed E-state index contributed by atoms with van der Waals surface area (Å²) < 4.78 is 43.2. The van der Waals surface area contributed by atoms with Crippen LogP contribution in [0, 0.1) is 17.7 Å². The van der Waals surface area contributed by atoms with Gasteiger partial charge >= 0.3 is 5.97 Å². The molecule has 0 atom stereocenters. The Bertz CT molecular complexity index is 674. The maximum absolute atomic E-state index is 14.3. The van der Waals surface area contributed by atoms with Crippen molar-refractivity contribution in [1.29, 1.82) is 0 Å². The van der Waals surface area contributed by atoms with Crippen LogP contribution >= 0.6 is 0 Å². The van der Waals surface area contributed by atoms with Crippen LogP contribution in [0.3, 0.4) is 0 Å². The molecule has 0 N–H and O–H groups in total. The fraction of sp³-hybridized carbons (Fsp3) is 0.690. The SMILES string of the molecule is CC.CCCC.CCCCC1CCC(CCc2ccc(OC(=O)CCC=C(F)F)cc2F)CC1. The van der Waals surface area contributed by atoms with Crippen molar-refractivity contribution in [3.8, 4) is 5.75 Å². The van der Waals surface area contributed by atoms with Gasteiger partial charge in [-0.3, -0.25) is 4.79 Å². The van der Waals surface area contributed by atoms with Gasteiger partial charge in [-0.2, -0.15) is 8.78 Å². The molecule has 196 valence electrons. The highest BCUT2D eigenvalue weighted by molar-refractivity contribution is 5.72. The summed E-state index contributed by atoms with van der Waals surface area (Å²) in [6.07, 6.45) is 11.9. The summed E-state index contributed by atoms with van der Waals surface area (Å²) in [5, 5.41) is 0. The molecule has 1 aliphatic carbocycles. The molecule has 0 aliphatic heterocycles. The lowest BCUT2D eigenvalue weighted by atomic mass is 9.78. The van der Waals surface area contributed by atoms with Gasteiger partial charge in [0.2, 0.25) is 0 Å². The average molecular weight is 485 g/mol. The molecule has 0 bridgehead atoms. The second-order valence-electron chi connectivity index (χ2n) is 8.83. The Morgan fingerprint density at radius 3 is 2.06 bits per heavy atom. The first-order valence-electron chi connectivity index (χ1n) is 13.4. The van der Waals surface area contributed by atoms with Crippen LogP contribution in [0.25, 0.3) is 0 Å². The van der Waals surface area contributed by atoms with Crippen LogP contribution in [0.15, 0.2) is 30.4 Å². The third-order valence-electron chi connectivity index (χ3n) is 6.16. The largest absolute Gasteiger partial charge is 0.426 e. The van der Waals surface area contributed by atoms with Gasteiger partial charge in [0, 0.05) is 12.5 Å². The van der Waals surface area contributed by atoms with Crippen LogP contribution in [0.2, 0.25) is 0 Å². The van der Waals surface area contributed by atoms with E-state index in [-0.39, 0.29) is 24.4 Å². The van der Waals surface area contributed by atoms with Crippen molar-refractivity contribution in [1.82, 2.24) is 0 Å². The Morgan fingerprint density at radius 1 is 0.971 bits per heavy atom. The first-order valence-corrected chi connectivity index (χ1v) is 13.4. The quantitative estimate of drug-likeness (QED) is 0.231. The van der Waals surface area contributed by atoms with E-state index in [2.05, 4.69) is 20.8 Å². The molecule has 1 aliphatic rings. The molecule has 2 rings (SSSR count). The number of hydrogen-bond donors (Lipinski definition) is 0. The third kappa shape index (κ3) is 15.2. The second kappa shape index (κ2) is 20.6. The molecular formula is C29H47F3O2. The zero-order chi connectivity index (χ0) is 25.8. The van der Waals surface area contributed by atoms with Crippen molar-refractivity contribution < 1.29 is 22.7 Å². The number of halogens is 3. The molecular weight excluding hydrogens is 437 g/mol. The van der Waals surface area contributed by atoms with Crippen LogP contribution in [-0.2, 0) is 11.2 Å². The van der Waals surface area contributed by atoms with Crippen LogP contribution in [0.1, 0.15) is 117 Å². The Hall–Kier alpha value is -1.78. The number of allylic oxidation sites excluding steroid dienone is 1. The van der Waals surface area contributed by atoms with Crippen LogP contribution in [0.4, 0.5) is 13.2 Å². The molecule has 0 heterocycles. The number of carbonyl (C=O) groups excluding carboxylic acids is 1. The van der Waals surface area contributed by atoms with Gasteiger partial charge in [0.25, 0.3) is 6.08 Å². The molecule has 0 aromatic heterocycles. The minimum Gasteiger partial charge on any atom is -0.426 e. The Labute approximate surface area is 206 Å². The number of ether oxygens (including phenoxy) is 1. The summed E-state index contributed by atoms with van der Waals surface area (Å²) in [6.45, 7) is 10.6. The summed E-state index contributed by atoms with van der Waals surface area (Å²) in [5.41, 5.74) is 0.635. The number of rotatable bonds is 11. The molecule has 34 heavy (non-hydrogen) atoms. The lowest BCUT2D eigenvalue weighted by Gasteiger charge is -2.28. The van der Waals surface area contributed by atoms with E-state index in [0.29, 0.717) is 24.0 Å². The summed E-state index contributed by atoms with van der Waals surface area (Å²) in [4.78, 5) is 11.6. The molecule has 1 fully saturated rings. The first-order chi connectivity index (χ1) is 16.4. The van der Waals surface area contributed by atoms with Gasteiger partial charge in [-0.05, 0) is 48.8 Å². The van der Waals surface area contributed by atoms with E-state index in [1.807, 2.05) is 13.8 Å². The second-order valence-corrected chi connectivity index (χ2v) is 8.83. The highest BCUT2D eigenvalue weighted by Crippen LogP contribution is 2.34. The molecule has 5 heteroatoms. The van der Waals surface area contributed by atoms with Crippen LogP contribution in [-0.4, -0.2) is 5.97 Å². The maximum atomic E-state index is 14.3. The molecule has 0 saturated heterocycles. The normalized spacial score (nSPS) is 16.9. The zero-order valence-electron chi connectivity index (χ0n) is 22.1. The topological polar surface area (TPSA) is 26.3 Å². The fourth-order valence-electron chi connectivity index (χ4n) is 3.94. The number of carbonyl (C=O) groups is 1. The average Bonchev–Trinajstić information content (AvgIpc) is 2.84. The van der Waals surface area contributed by atoms with Crippen molar-refractivity contribution in [3.05, 3.63) is 41.7 Å². The predicted molar refractivity (Wildman–Crippen MR) is 137 cm³/mol. The number of hydrogen-bond acceptors (Lipinski definition) is 2. The standard InChI is InChI=1S/C23H31F3O2.C4H10.C2H6/c1-2-3-5-17-8-10-18(11-9-17)12-13-19-14-15-20(16-21(19)24)28-23(27)7-4-6-22(25)26;1-3-4-2;1-2/h6,14-18H,2-5,7-13H2,1H3;3-4H2,1-2H3;1-2H3. The van der Waals surface area contributed by atoms with Crippen LogP contribution in [0.5, 0.6) is 5.75 Å². The molecule has 1 aromatic carbocycles.